The van der Waals surface area contributed by atoms with Crippen LogP contribution in [0.2, 0.25) is 0 Å². The number of anilines is 1. The number of benzene rings is 3. The third-order valence-electron chi connectivity index (χ3n) is 5.84. The van der Waals surface area contributed by atoms with Gasteiger partial charge in [-0.3, -0.25) is 13.9 Å². The molecule has 0 unspecified atom stereocenters. The van der Waals surface area contributed by atoms with Gasteiger partial charge in [-0.05, 0) is 50.1 Å². The Bertz CT molecular complexity index is 1250. The Kier molecular flexibility index (Phi) is 9.25. The molecule has 0 radical (unpaired) electrons. The molecule has 36 heavy (non-hydrogen) atoms. The lowest BCUT2D eigenvalue weighted by molar-refractivity contribution is -0.139. The van der Waals surface area contributed by atoms with Crippen molar-refractivity contribution in [2.75, 3.05) is 17.4 Å². The highest BCUT2D eigenvalue weighted by Gasteiger charge is 2.32. The molecule has 0 aliphatic heterocycles. The monoisotopic (exact) mass is 507 g/mol. The fourth-order valence-corrected chi connectivity index (χ4v) is 5.15. The molecular formula is C28H33N3O4S. The lowest BCUT2D eigenvalue weighted by atomic mass is 10.1. The number of sulfonamides is 1. The van der Waals surface area contributed by atoms with Gasteiger partial charge in [-0.2, -0.15) is 0 Å². The Morgan fingerprint density at radius 1 is 0.889 bits per heavy atom. The van der Waals surface area contributed by atoms with E-state index in [0.29, 0.717) is 12.2 Å². The first-order valence-corrected chi connectivity index (χ1v) is 13.4. The summed E-state index contributed by atoms with van der Waals surface area (Å²) in [6, 6.07) is 23.5. The lowest BCUT2D eigenvalue weighted by Gasteiger charge is -2.32. The standard InChI is InChI=1S/C28H33N3O4S/c1-4-19-29-28(33)23(3)30(20-24-11-7-5-8-12-24)27(32)21-31(25-17-15-22(2)16-18-25)36(34,35)26-13-9-6-10-14-26/h5-18,23H,4,19-21H2,1-3H3,(H,29,33)/t23-/m0/s1. The van der Waals surface area contributed by atoms with Gasteiger partial charge in [-0.25, -0.2) is 8.42 Å². The van der Waals surface area contributed by atoms with Gasteiger partial charge in [0.15, 0.2) is 0 Å². The van der Waals surface area contributed by atoms with Gasteiger partial charge in [0, 0.05) is 13.1 Å². The number of nitrogens with one attached hydrogen (secondary N) is 1. The predicted octanol–water partition coefficient (Wildman–Crippen LogP) is 4.13. The average Bonchev–Trinajstić information content (AvgIpc) is 2.90. The SMILES string of the molecule is CCCNC(=O)[C@H](C)N(Cc1ccccc1)C(=O)CN(c1ccc(C)cc1)S(=O)(=O)c1ccccc1. The molecule has 1 atom stereocenters. The van der Waals surface area contributed by atoms with E-state index in [0.717, 1.165) is 21.9 Å². The zero-order chi connectivity index (χ0) is 26.1. The van der Waals surface area contributed by atoms with Crippen molar-refractivity contribution in [1.82, 2.24) is 10.2 Å². The highest BCUT2D eigenvalue weighted by Crippen LogP contribution is 2.25. The van der Waals surface area contributed by atoms with Crippen LogP contribution in [0.25, 0.3) is 0 Å². The van der Waals surface area contributed by atoms with Crippen LogP contribution in [0.5, 0.6) is 0 Å². The minimum Gasteiger partial charge on any atom is -0.354 e. The van der Waals surface area contributed by atoms with Crippen LogP contribution in [-0.4, -0.2) is 44.3 Å². The van der Waals surface area contributed by atoms with E-state index in [1.54, 1.807) is 49.4 Å². The second kappa shape index (κ2) is 12.4. The van der Waals surface area contributed by atoms with Crippen LogP contribution in [0.3, 0.4) is 0 Å². The highest BCUT2D eigenvalue weighted by molar-refractivity contribution is 7.92. The summed E-state index contributed by atoms with van der Waals surface area (Å²) < 4.78 is 28.4. The third kappa shape index (κ3) is 6.73. The molecular weight excluding hydrogens is 474 g/mol. The summed E-state index contributed by atoms with van der Waals surface area (Å²) in [5.74, 6) is -0.757. The minimum atomic E-state index is -4.04. The van der Waals surface area contributed by atoms with Crippen LogP contribution in [-0.2, 0) is 26.2 Å². The molecule has 2 amide bonds. The Morgan fingerprint density at radius 3 is 2.06 bits per heavy atom. The molecule has 190 valence electrons. The molecule has 3 aromatic rings. The van der Waals surface area contributed by atoms with Crippen molar-refractivity contribution >= 4 is 27.5 Å². The smallest absolute Gasteiger partial charge is 0.264 e. The summed E-state index contributed by atoms with van der Waals surface area (Å²) in [7, 11) is -4.04. The second-order valence-corrected chi connectivity index (χ2v) is 10.5. The van der Waals surface area contributed by atoms with E-state index in [1.807, 2.05) is 44.2 Å². The van der Waals surface area contributed by atoms with Crippen molar-refractivity contribution < 1.29 is 18.0 Å². The maximum absolute atomic E-state index is 13.7. The number of aryl methyl sites for hydroxylation is 1. The summed E-state index contributed by atoms with van der Waals surface area (Å²) in [5, 5.41) is 2.84. The lowest BCUT2D eigenvalue weighted by Crippen LogP contribution is -2.51. The zero-order valence-corrected chi connectivity index (χ0v) is 21.7. The predicted molar refractivity (Wildman–Crippen MR) is 142 cm³/mol. The number of nitrogens with zero attached hydrogens (tertiary/aromatic N) is 2. The maximum Gasteiger partial charge on any atom is 0.264 e. The first-order valence-electron chi connectivity index (χ1n) is 12.0. The topological polar surface area (TPSA) is 86.8 Å². The number of hydrogen-bond donors (Lipinski definition) is 1. The summed E-state index contributed by atoms with van der Waals surface area (Å²) in [5.41, 5.74) is 2.18. The van der Waals surface area contributed by atoms with E-state index in [9.17, 15) is 18.0 Å². The van der Waals surface area contributed by atoms with E-state index in [-0.39, 0.29) is 17.3 Å². The fraction of sp³-hybridized carbons (Fsp3) is 0.286. The van der Waals surface area contributed by atoms with Gasteiger partial charge >= 0.3 is 0 Å². The summed E-state index contributed by atoms with van der Waals surface area (Å²) >= 11 is 0. The molecule has 0 fully saturated rings. The van der Waals surface area contributed by atoms with Crippen LogP contribution < -0.4 is 9.62 Å². The average molecular weight is 508 g/mol. The number of carbonyl (C=O) groups excluding carboxylic acids is 2. The molecule has 3 aromatic carbocycles. The second-order valence-electron chi connectivity index (χ2n) is 8.63. The van der Waals surface area contributed by atoms with Crippen LogP contribution in [0.1, 0.15) is 31.4 Å². The number of rotatable bonds is 11. The molecule has 0 aliphatic rings. The van der Waals surface area contributed by atoms with Gasteiger partial charge in [0.1, 0.15) is 12.6 Å². The molecule has 0 spiro atoms. The fourth-order valence-electron chi connectivity index (χ4n) is 3.72. The first-order chi connectivity index (χ1) is 17.2. The summed E-state index contributed by atoms with van der Waals surface area (Å²) in [6.45, 7) is 5.74. The number of amides is 2. The molecule has 0 heterocycles. The van der Waals surface area contributed by atoms with Crippen LogP contribution >= 0.6 is 0 Å². The Labute approximate surface area is 213 Å². The van der Waals surface area contributed by atoms with Gasteiger partial charge in [0.05, 0.1) is 10.6 Å². The van der Waals surface area contributed by atoms with Gasteiger partial charge in [0.2, 0.25) is 11.8 Å². The van der Waals surface area contributed by atoms with E-state index in [1.165, 1.54) is 17.0 Å². The normalized spacial score (nSPS) is 12.0. The summed E-state index contributed by atoms with van der Waals surface area (Å²) in [4.78, 5) is 28.1. The van der Waals surface area contributed by atoms with Crippen molar-refractivity contribution in [2.45, 2.75) is 44.7 Å². The molecule has 8 heteroatoms. The molecule has 0 bridgehead atoms. The Balaban J connectivity index is 1.98. The van der Waals surface area contributed by atoms with Gasteiger partial charge in [-0.1, -0.05) is 73.2 Å². The molecule has 0 saturated carbocycles. The van der Waals surface area contributed by atoms with E-state index >= 15 is 0 Å². The van der Waals surface area contributed by atoms with Crippen LogP contribution in [0.15, 0.2) is 89.8 Å². The van der Waals surface area contributed by atoms with Crippen molar-refractivity contribution in [1.29, 1.82) is 0 Å². The van der Waals surface area contributed by atoms with Crippen LogP contribution in [0, 0.1) is 6.92 Å². The van der Waals surface area contributed by atoms with E-state index in [2.05, 4.69) is 5.32 Å². The van der Waals surface area contributed by atoms with Crippen LogP contribution in [0.4, 0.5) is 5.69 Å². The number of carbonyl (C=O) groups is 2. The summed E-state index contributed by atoms with van der Waals surface area (Å²) in [6.07, 6.45) is 0.765. The Morgan fingerprint density at radius 2 is 1.47 bits per heavy atom. The molecule has 3 rings (SSSR count). The van der Waals surface area contributed by atoms with Crippen molar-refractivity contribution in [3.63, 3.8) is 0 Å². The molecule has 1 N–H and O–H groups in total. The maximum atomic E-state index is 13.7. The van der Waals surface area contributed by atoms with Gasteiger partial charge in [0.25, 0.3) is 10.0 Å². The molecule has 7 nitrogen and oxygen atoms in total. The molecule has 0 aromatic heterocycles. The molecule has 0 saturated heterocycles. The largest absolute Gasteiger partial charge is 0.354 e. The molecule has 0 aliphatic carbocycles. The van der Waals surface area contributed by atoms with Gasteiger partial charge in [-0.15, -0.1) is 0 Å². The third-order valence-corrected chi connectivity index (χ3v) is 7.63. The van der Waals surface area contributed by atoms with Gasteiger partial charge < -0.3 is 10.2 Å². The van der Waals surface area contributed by atoms with E-state index in [4.69, 9.17) is 0 Å². The minimum absolute atomic E-state index is 0.0849. The first kappa shape index (κ1) is 26.9. The quantitative estimate of drug-likeness (QED) is 0.423. The Hall–Kier alpha value is -3.65. The van der Waals surface area contributed by atoms with E-state index < -0.39 is 28.5 Å². The zero-order valence-electron chi connectivity index (χ0n) is 20.9. The number of hydrogen-bond acceptors (Lipinski definition) is 4. The van der Waals surface area contributed by atoms with Crippen molar-refractivity contribution in [3.8, 4) is 0 Å². The van der Waals surface area contributed by atoms with Crippen molar-refractivity contribution in [3.05, 3.63) is 96.1 Å². The van der Waals surface area contributed by atoms with Crippen molar-refractivity contribution in [2.24, 2.45) is 0 Å². The highest BCUT2D eigenvalue weighted by atomic mass is 32.2.